The Morgan fingerprint density at radius 3 is 2.74 bits per heavy atom. The van der Waals surface area contributed by atoms with Crippen LogP contribution in [0.15, 0.2) is 12.1 Å². The largest absolute Gasteiger partial charge is 0.492 e. The SMILES string of the molecule is Cc1c(N(C)C)ccc2c1CNc1nc(O)c(C)n1-2. The lowest BCUT2D eigenvalue weighted by atomic mass is 10.0. The molecule has 2 N–H and O–H groups in total. The minimum absolute atomic E-state index is 0.0877. The molecule has 0 bridgehead atoms. The van der Waals surface area contributed by atoms with Crippen molar-refractivity contribution >= 4 is 11.6 Å². The van der Waals surface area contributed by atoms with Crippen molar-refractivity contribution in [2.75, 3.05) is 24.3 Å². The molecule has 5 nitrogen and oxygen atoms in total. The molecule has 0 saturated heterocycles. The molecule has 3 rings (SSSR count). The Kier molecular flexibility index (Phi) is 2.45. The van der Waals surface area contributed by atoms with Crippen molar-refractivity contribution in [2.45, 2.75) is 20.4 Å². The summed E-state index contributed by atoms with van der Waals surface area (Å²) in [6.45, 7) is 4.74. The van der Waals surface area contributed by atoms with Crippen LogP contribution >= 0.6 is 0 Å². The molecule has 0 atom stereocenters. The highest BCUT2D eigenvalue weighted by atomic mass is 16.3. The fourth-order valence-electron chi connectivity index (χ4n) is 2.72. The molecule has 2 aromatic rings. The van der Waals surface area contributed by atoms with Gasteiger partial charge in [0.25, 0.3) is 0 Å². The Morgan fingerprint density at radius 1 is 1.32 bits per heavy atom. The van der Waals surface area contributed by atoms with E-state index in [1.54, 1.807) is 0 Å². The van der Waals surface area contributed by atoms with E-state index >= 15 is 0 Å². The summed E-state index contributed by atoms with van der Waals surface area (Å²) in [5.41, 5.74) is 5.58. The van der Waals surface area contributed by atoms with Crippen LogP contribution < -0.4 is 10.2 Å². The minimum atomic E-state index is 0.0877. The third-order valence-electron chi connectivity index (χ3n) is 3.77. The standard InChI is InChI=1S/C14H18N4O/c1-8-10-7-15-14-16-13(19)9(2)18(14)12(10)6-5-11(8)17(3)4/h5-6,19H,7H2,1-4H3,(H,15,16). The van der Waals surface area contributed by atoms with Crippen LogP contribution in [0.4, 0.5) is 11.6 Å². The van der Waals surface area contributed by atoms with Crippen LogP contribution in [-0.4, -0.2) is 28.8 Å². The second kappa shape index (κ2) is 3.91. The smallest absolute Gasteiger partial charge is 0.234 e. The van der Waals surface area contributed by atoms with Gasteiger partial charge in [-0.15, -0.1) is 0 Å². The second-order valence-electron chi connectivity index (χ2n) is 5.14. The predicted molar refractivity (Wildman–Crippen MR) is 76.4 cm³/mol. The van der Waals surface area contributed by atoms with Gasteiger partial charge in [-0.1, -0.05) is 0 Å². The molecular formula is C14H18N4O. The number of anilines is 2. The Labute approximate surface area is 112 Å². The molecule has 1 aliphatic rings. The van der Waals surface area contributed by atoms with Crippen molar-refractivity contribution in [3.05, 3.63) is 29.0 Å². The molecule has 1 aliphatic heterocycles. The van der Waals surface area contributed by atoms with Gasteiger partial charge in [-0.2, -0.15) is 4.98 Å². The quantitative estimate of drug-likeness (QED) is 0.823. The summed E-state index contributed by atoms with van der Waals surface area (Å²) < 4.78 is 1.97. The average Bonchev–Trinajstić information content (AvgIpc) is 2.65. The Hall–Kier alpha value is -2.17. The summed E-state index contributed by atoms with van der Waals surface area (Å²) in [4.78, 5) is 6.25. The lowest BCUT2D eigenvalue weighted by Crippen LogP contribution is -2.19. The van der Waals surface area contributed by atoms with E-state index in [0.29, 0.717) is 5.95 Å². The Balaban J connectivity index is 2.26. The lowest BCUT2D eigenvalue weighted by molar-refractivity contribution is 0.452. The number of aromatic hydroxyl groups is 1. The summed E-state index contributed by atoms with van der Waals surface area (Å²) in [5.74, 6) is 0.796. The molecular weight excluding hydrogens is 240 g/mol. The number of benzene rings is 1. The molecule has 0 spiro atoms. The van der Waals surface area contributed by atoms with Gasteiger partial charge >= 0.3 is 0 Å². The maximum absolute atomic E-state index is 9.77. The molecule has 5 heteroatoms. The zero-order valence-electron chi connectivity index (χ0n) is 11.7. The van der Waals surface area contributed by atoms with Crippen LogP contribution in [-0.2, 0) is 6.54 Å². The van der Waals surface area contributed by atoms with Crippen LogP contribution in [0.1, 0.15) is 16.8 Å². The topological polar surface area (TPSA) is 53.3 Å². The zero-order chi connectivity index (χ0) is 13.7. The van der Waals surface area contributed by atoms with Crippen molar-refractivity contribution in [2.24, 2.45) is 0 Å². The highest BCUT2D eigenvalue weighted by molar-refractivity contribution is 5.66. The van der Waals surface area contributed by atoms with E-state index in [9.17, 15) is 5.11 Å². The first-order valence-corrected chi connectivity index (χ1v) is 6.33. The highest BCUT2D eigenvalue weighted by Gasteiger charge is 2.23. The average molecular weight is 258 g/mol. The summed E-state index contributed by atoms with van der Waals surface area (Å²) in [6.07, 6.45) is 0. The lowest BCUT2D eigenvalue weighted by Gasteiger charge is -2.26. The molecule has 0 radical (unpaired) electrons. The maximum atomic E-state index is 9.77. The van der Waals surface area contributed by atoms with E-state index in [0.717, 1.165) is 17.9 Å². The molecule has 2 heterocycles. The van der Waals surface area contributed by atoms with Crippen molar-refractivity contribution in [1.29, 1.82) is 0 Å². The first-order valence-electron chi connectivity index (χ1n) is 6.33. The monoisotopic (exact) mass is 258 g/mol. The van der Waals surface area contributed by atoms with Gasteiger partial charge in [0, 0.05) is 31.9 Å². The molecule has 0 amide bonds. The molecule has 0 fully saturated rings. The van der Waals surface area contributed by atoms with Gasteiger partial charge in [0.2, 0.25) is 11.8 Å². The molecule has 19 heavy (non-hydrogen) atoms. The summed E-state index contributed by atoms with van der Waals surface area (Å²) in [5, 5.41) is 13.0. The van der Waals surface area contributed by atoms with Gasteiger partial charge in [-0.3, -0.25) is 4.57 Å². The normalized spacial score (nSPS) is 12.6. The summed E-state index contributed by atoms with van der Waals surface area (Å²) >= 11 is 0. The van der Waals surface area contributed by atoms with Crippen molar-refractivity contribution in [3.63, 3.8) is 0 Å². The van der Waals surface area contributed by atoms with E-state index in [4.69, 9.17) is 0 Å². The fourth-order valence-corrected chi connectivity index (χ4v) is 2.72. The Bertz CT molecular complexity index is 658. The van der Waals surface area contributed by atoms with Gasteiger partial charge in [0.1, 0.15) is 0 Å². The van der Waals surface area contributed by atoms with Gasteiger partial charge in [0.15, 0.2) is 0 Å². The number of fused-ring (bicyclic) bond motifs is 3. The molecule has 100 valence electrons. The third kappa shape index (κ3) is 1.58. The van der Waals surface area contributed by atoms with Crippen molar-refractivity contribution in [1.82, 2.24) is 9.55 Å². The number of hydrogen-bond acceptors (Lipinski definition) is 4. The number of hydrogen-bond donors (Lipinski definition) is 2. The zero-order valence-corrected chi connectivity index (χ0v) is 11.7. The summed E-state index contributed by atoms with van der Waals surface area (Å²) in [7, 11) is 4.09. The van der Waals surface area contributed by atoms with E-state index in [1.165, 1.54) is 16.8 Å². The van der Waals surface area contributed by atoms with E-state index in [-0.39, 0.29) is 5.88 Å². The van der Waals surface area contributed by atoms with Gasteiger partial charge in [-0.05, 0) is 31.5 Å². The van der Waals surface area contributed by atoms with E-state index in [1.807, 2.05) is 25.6 Å². The minimum Gasteiger partial charge on any atom is -0.492 e. The number of aromatic nitrogens is 2. The first kappa shape index (κ1) is 11.9. The number of rotatable bonds is 1. The molecule has 0 unspecified atom stereocenters. The molecule has 1 aromatic carbocycles. The van der Waals surface area contributed by atoms with E-state index in [2.05, 4.69) is 34.3 Å². The second-order valence-corrected chi connectivity index (χ2v) is 5.14. The fraction of sp³-hybridized carbons (Fsp3) is 0.357. The molecule has 1 aromatic heterocycles. The highest BCUT2D eigenvalue weighted by Crippen LogP contribution is 2.35. The van der Waals surface area contributed by atoms with Crippen LogP contribution in [0.5, 0.6) is 5.88 Å². The molecule has 0 aliphatic carbocycles. The van der Waals surface area contributed by atoms with Crippen LogP contribution in [0.2, 0.25) is 0 Å². The number of nitrogens with zero attached hydrogens (tertiary/aromatic N) is 3. The van der Waals surface area contributed by atoms with Gasteiger partial charge in [0.05, 0.1) is 11.4 Å². The molecule has 0 saturated carbocycles. The van der Waals surface area contributed by atoms with Gasteiger partial charge < -0.3 is 15.3 Å². The Morgan fingerprint density at radius 2 is 2.05 bits per heavy atom. The number of nitrogens with one attached hydrogen (secondary N) is 1. The van der Waals surface area contributed by atoms with E-state index < -0.39 is 0 Å². The predicted octanol–water partition coefficient (Wildman–Crippen LogP) is 2.19. The van der Waals surface area contributed by atoms with Crippen LogP contribution in [0.25, 0.3) is 5.69 Å². The van der Waals surface area contributed by atoms with Crippen LogP contribution in [0, 0.1) is 13.8 Å². The third-order valence-corrected chi connectivity index (χ3v) is 3.77. The van der Waals surface area contributed by atoms with Crippen molar-refractivity contribution < 1.29 is 5.11 Å². The number of imidazole rings is 1. The van der Waals surface area contributed by atoms with Crippen molar-refractivity contribution in [3.8, 4) is 11.6 Å². The first-order chi connectivity index (χ1) is 9.00. The van der Waals surface area contributed by atoms with Crippen LogP contribution in [0.3, 0.4) is 0 Å². The summed E-state index contributed by atoms with van der Waals surface area (Å²) in [6, 6.07) is 4.20. The maximum Gasteiger partial charge on any atom is 0.234 e. The van der Waals surface area contributed by atoms with Gasteiger partial charge in [-0.25, -0.2) is 0 Å².